The van der Waals surface area contributed by atoms with Crippen molar-refractivity contribution in [3.05, 3.63) is 48.0 Å². The standard InChI is InChI=1S/C30H42N6O7/c1-6-31-22(37)15-33-27(42)21(14-20-10-8-7-9-11-20)35-24(39)17-32-23(38)16-34-28(43)30(4,5)18-29(2,3)19-36-25(40)12-13-26(36)41/h7-13,21H,6,14-19H2,1-5H3,(H,31,37)(H,32,38)(H,33,42)(H,34,43)(H,35,39). The van der Waals surface area contributed by atoms with Gasteiger partial charge in [-0.3, -0.25) is 38.5 Å². The Kier molecular flexibility index (Phi) is 12.6. The Morgan fingerprint density at radius 3 is 1.93 bits per heavy atom. The molecule has 5 N–H and O–H groups in total. The van der Waals surface area contributed by atoms with Crippen molar-refractivity contribution in [3.8, 4) is 0 Å². The lowest BCUT2D eigenvalue weighted by Gasteiger charge is -2.36. The molecule has 0 bridgehead atoms. The molecule has 7 amide bonds. The van der Waals surface area contributed by atoms with E-state index in [1.165, 1.54) is 12.2 Å². The lowest BCUT2D eigenvalue weighted by molar-refractivity contribution is -0.139. The number of carbonyl (C=O) groups excluding carboxylic acids is 7. The Labute approximate surface area is 251 Å². The fourth-order valence-electron chi connectivity index (χ4n) is 4.84. The maximum absolute atomic E-state index is 12.9. The molecule has 13 nitrogen and oxygen atoms in total. The molecule has 13 heteroatoms. The van der Waals surface area contributed by atoms with Crippen LogP contribution in [0.5, 0.6) is 0 Å². The first-order chi connectivity index (χ1) is 20.1. The van der Waals surface area contributed by atoms with Gasteiger partial charge in [0.2, 0.25) is 29.5 Å². The summed E-state index contributed by atoms with van der Waals surface area (Å²) in [6.07, 6.45) is 2.90. The van der Waals surface area contributed by atoms with Crippen LogP contribution in [0.1, 0.15) is 46.6 Å². The zero-order chi connectivity index (χ0) is 32.2. The SMILES string of the molecule is CCNC(=O)CNC(=O)C(Cc1ccccc1)NC(=O)CNC(=O)CNC(=O)C(C)(C)CC(C)(C)CN1C(=O)C=CC1=O. The van der Waals surface area contributed by atoms with E-state index in [1.807, 2.05) is 19.9 Å². The zero-order valence-corrected chi connectivity index (χ0v) is 25.4. The van der Waals surface area contributed by atoms with E-state index in [2.05, 4.69) is 26.6 Å². The lowest BCUT2D eigenvalue weighted by atomic mass is 9.74. The first-order valence-electron chi connectivity index (χ1n) is 14.1. The van der Waals surface area contributed by atoms with Crippen LogP contribution in [-0.2, 0) is 40.0 Å². The number of nitrogens with zero attached hydrogens (tertiary/aromatic N) is 1. The molecule has 0 radical (unpaired) electrons. The van der Waals surface area contributed by atoms with Crippen molar-refractivity contribution >= 4 is 41.4 Å². The molecule has 0 saturated carbocycles. The summed E-state index contributed by atoms with van der Waals surface area (Å²) >= 11 is 0. The molecule has 1 atom stereocenters. The van der Waals surface area contributed by atoms with Gasteiger partial charge in [-0.05, 0) is 24.3 Å². The number of imide groups is 1. The summed E-state index contributed by atoms with van der Waals surface area (Å²) in [6.45, 7) is 8.32. The summed E-state index contributed by atoms with van der Waals surface area (Å²) < 4.78 is 0. The van der Waals surface area contributed by atoms with E-state index in [1.54, 1.807) is 45.0 Å². The first kappa shape index (κ1) is 34.7. The molecule has 1 aromatic rings. The minimum Gasteiger partial charge on any atom is -0.355 e. The second kappa shape index (κ2) is 15.6. The lowest BCUT2D eigenvalue weighted by Crippen LogP contribution is -2.52. The predicted octanol–water partition coefficient (Wildman–Crippen LogP) is -0.434. The third kappa shape index (κ3) is 11.7. The zero-order valence-electron chi connectivity index (χ0n) is 25.4. The number of amides is 7. The maximum atomic E-state index is 12.9. The van der Waals surface area contributed by atoms with Crippen LogP contribution in [0.4, 0.5) is 0 Å². The molecule has 1 aliphatic rings. The summed E-state index contributed by atoms with van der Waals surface area (Å²) in [4.78, 5) is 87.4. The van der Waals surface area contributed by atoms with Crippen molar-refractivity contribution in [1.29, 1.82) is 0 Å². The number of likely N-dealkylation sites (N-methyl/N-ethyl adjacent to an activating group) is 1. The molecule has 234 valence electrons. The van der Waals surface area contributed by atoms with Crippen molar-refractivity contribution in [1.82, 2.24) is 31.5 Å². The summed E-state index contributed by atoms with van der Waals surface area (Å²) in [6, 6.07) is 8.01. The molecular formula is C30H42N6O7. The second-order valence-electron chi connectivity index (χ2n) is 11.8. The Morgan fingerprint density at radius 1 is 0.767 bits per heavy atom. The van der Waals surface area contributed by atoms with Crippen molar-refractivity contribution in [2.24, 2.45) is 10.8 Å². The van der Waals surface area contributed by atoms with Crippen LogP contribution < -0.4 is 26.6 Å². The molecule has 0 fully saturated rings. The molecule has 43 heavy (non-hydrogen) atoms. The number of nitrogens with one attached hydrogen (secondary N) is 5. The highest BCUT2D eigenvalue weighted by atomic mass is 16.2. The maximum Gasteiger partial charge on any atom is 0.253 e. The highest BCUT2D eigenvalue weighted by Gasteiger charge is 2.38. The molecule has 1 aliphatic heterocycles. The van der Waals surface area contributed by atoms with Gasteiger partial charge in [-0.2, -0.15) is 0 Å². The smallest absolute Gasteiger partial charge is 0.253 e. The molecule has 0 aromatic heterocycles. The number of benzene rings is 1. The van der Waals surface area contributed by atoms with E-state index in [0.29, 0.717) is 13.0 Å². The van der Waals surface area contributed by atoms with E-state index in [9.17, 15) is 33.6 Å². The Hall–Kier alpha value is -4.55. The van der Waals surface area contributed by atoms with Gasteiger partial charge in [-0.15, -0.1) is 0 Å². The van der Waals surface area contributed by atoms with Gasteiger partial charge in [0.1, 0.15) is 6.04 Å². The summed E-state index contributed by atoms with van der Waals surface area (Å²) in [7, 11) is 0. The predicted molar refractivity (Wildman–Crippen MR) is 158 cm³/mol. The van der Waals surface area contributed by atoms with Crippen LogP contribution in [0.3, 0.4) is 0 Å². The van der Waals surface area contributed by atoms with E-state index in [4.69, 9.17) is 0 Å². The fourth-order valence-corrected chi connectivity index (χ4v) is 4.84. The third-order valence-electron chi connectivity index (χ3n) is 6.61. The van der Waals surface area contributed by atoms with Crippen molar-refractivity contribution in [2.45, 2.75) is 53.5 Å². The largest absolute Gasteiger partial charge is 0.355 e. The van der Waals surface area contributed by atoms with E-state index >= 15 is 0 Å². The normalized spacial score (nSPS) is 13.7. The Balaban J connectivity index is 1.86. The van der Waals surface area contributed by atoms with Crippen molar-refractivity contribution in [2.75, 3.05) is 32.7 Å². The number of hydrogen-bond acceptors (Lipinski definition) is 7. The molecule has 0 spiro atoms. The van der Waals surface area contributed by atoms with Gasteiger partial charge in [0.05, 0.1) is 19.6 Å². The highest BCUT2D eigenvalue weighted by molar-refractivity contribution is 6.12. The van der Waals surface area contributed by atoms with Crippen LogP contribution in [0.25, 0.3) is 0 Å². The summed E-state index contributed by atoms with van der Waals surface area (Å²) in [5, 5.41) is 12.7. The van der Waals surface area contributed by atoms with Gasteiger partial charge in [-0.25, -0.2) is 0 Å². The average molecular weight is 599 g/mol. The number of carbonyl (C=O) groups is 7. The Morgan fingerprint density at radius 2 is 1.33 bits per heavy atom. The van der Waals surface area contributed by atoms with Crippen LogP contribution >= 0.6 is 0 Å². The van der Waals surface area contributed by atoms with Crippen LogP contribution in [0.15, 0.2) is 42.5 Å². The van der Waals surface area contributed by atoms with Crippen LogP contribution in [0, 0.1) is 10.8 Å². The van der Waals surface area contributed by atoms with Gasteiger partial charge >= 0.3 is 0 Å². The number of hydrogen-bond donors (Lipinski definition) is 5. The second-order valence-corrected chi connectivity index (χ2v) is 11.8. The van der Waals surface area contributed by atoms with Gasteiger partial charge < -0.3 is 26.6 Å². The molecule has 0 aliphatic carbocycles. The van der Waals surface area contributed by atoms with Gasteiger partial charge in [0, 0.05) is 37.1 Å². The molecule has 0 saturated heterocycles. The third-order valence-corrected chi connectivity index (χ3v) is 6.61. The van der Waals surface area contributed by atoms with Gasteiger partial charge in [0.15, 0.2) is 0 Å². The minimum atomic E-state index is -0.994. The summed E-state index contributed by atoms with van der Waals surface area (Å²) in [5.74, 6) is -3.36. The first-order valence-corrected chi connectivity index (χ1v) is 14.1. The van der Waals surface area contributed by atoms with Crippen molar-refractivity contribution < 1.29 is 33.6 Å². The average Bonchev–Trinajstić information content (AvgIpc) is 3.24. The molecule has 1 aromatic carbocycles. The van der Waals surface area contributed by atoms with Crippen molar-refractivity contribution in [3.63, 3.8) is 0 Å². The number of rotatable bonds is 16. The summed E-state index contributed by atoms with van der Waals surface area (Å²) in [5.41, 5.74) is -0.735. The molecule has 2 rings (SSSR count). The van der Waals surface area contributed by atoms with Gasteiger partial charge in [0.25, 0.3) is 11.8 Å². The highest BCUT2D eigenvalue weighted by Crippen LogP contribution is 2.35. The minimum absolute atomic E-state index is 0.138. The van der Waals surface area contributed by atoms with Gasteiger partial charge in [-0.1, -0.05) is 58.0 Å². The molecule has 1 unspecified atom stereocenters. The molecule has 1 heterocycles. The van der Waals surface area contributed by atoms with Crippen LogP contribution in [0.2, 0.25) is 0 Å². The van der Waals surface area contributed by atoms with E-state index in [-0.39, 0.29) is 32.0 Å². The quantitative estimate of drug-likeness (QED) is 0.160. The molecular weight excluding hydrogens is 556 g/mol. The monoisotopic (exact) mass is 598 g/mol. The van der Waals surface area contributed by atoms with Crippen LogP contribution in [-0.4, -0.2) is 85.0 Å². The van der Waals surface area contributed by atoms with E-state index < -0.39 is 58.9 Å². The topological polar surface area (TPSA) is 183 Å². The van der Waals surface area contributed by atoms with E-state index in [0.717, 1.165) is 10.5 Å². The Bertz CT molecular complexity index is 1220. The fraction of sp³-hybridized carbons (Fsp3) is 0.500.